The molecule has 0 saturated heterocycles. The second-order valence-electron chi connectivity index (χ2n) is 8.77. The Hall–Kier alpha value is -3.44. The van der Waals surface area contributed by atoms with Crippen molar-refractivity contribution in [1.29, 1.82) is 5.41 Å². The van der Waals surface area contributed by atoms with E-state index in [2.05, 4.69) is 9.39 Å². The number of sulfone groups is 1. The maximum Gasteiger partial charge on any atom is 0.283 e. The minimum absolute atomic E-state index is 0.0518. The second kappa shape index (κ2) is 10.3. The molecule has 4 rings (SSSR count). The van der Waals surface area contributed by atoms with E-state index in [0.29, 0.717) is 23.7 Å². The number of methoxy groups -OCH3 is 1. The molecule has 1 N–H and O–H groups in total. The van der Waals surface area contributed by atoms with Crippen LogP contribution in [0.15, 0.2) is 57.4 Å². The van der Waals surface area contributed by atoms with Gasteiger partial charge in [-0.2, -0.15) is 9.39 Å². The van der Waals surface area contributed by atoms with Gasteiger partial charge in [-0.25, -0.2) is 13.3 Å². The zero-order chi connectivity index (χ0) is 26.0. The molecule has 9 nitrogen and oxygen atoms in total. The van der Waals surface area contributed by atoms with E-state index in [0.717, 1.165) is 28.0 Å². The zero-order valence-corrected chi connectivity index (χ0v) is 21.9. The van der Waals surface area contributed by atoms with Crippen LogP contribution < -0.4 is 9.47 Å². The highest BCUT2D eigenvalue weighted by Crippen LogP contribution is 2.33. The molecule has 0 bridgehead atoms. The van der Waals surface area contributed by atoms with Gasteiger partial charge in [-0.3, -0.25) is 10.2 Å². The third-order valence-electron chi connectivity index (χ3n) is 5.34. The minimum atomic E-state index is -3.77. The fourth-order valence-corrected chi connectivity index (χ4v) is 6.35. The molecule has 2 aliphatic rings. The predicted molar refractivity (Wildman–Crippen MR) is 142 cm³/mol. The van der Waals surface area contributed by atoms with Crippen LogP contribution >= 0.6 is 11.9 Å². The number of nitrogens with one attached hydrogen (secondary N) is 1. The summed E-state index contributed by atoms with van der Waals surface area (Å²) in [6, 6.07) is 13.1. The molecule has 2 aliphatic heterocycles. The molecule has 0 spiro atoms. The van der Waals surface area contributed by atoms with Gasteiger partial charge in [0.2, 0.25) is 20.2 Å². The fraction of sp³-hybridized carbons (Fsp3) is 0.280. The molecule has 0 saturated carbocycles. The van der Waals surface area contributed by atoms with Crippen LogP contribution in [0.3, 0.4) is 0 Å². The monoisotopic (exact) mass is 526 g/mol. The number of aliphatic imine (C=N–C) groups is 1. The van der Waals surface area contributed by atoms with Gasteiger partial charge >= 0.3 is 0 Å². The minimum Gasteiger partial charge on any atom is -0.493 e. The lowest BCUT2D eigenvalue weighted by Crippen LogP contribution is -2.46. The predicted octanol–water partition coefficient (Wildman–Crippen LogP) is 4.23. The molecule has 0 radical (unpaired) electrons. The normalized spacial score (nSPS) is 16.8. The molecule has 0 aromatic heterocycles. The number of ether oxygens (including phenoxy) is 2. The number of amides is 1. The number of hydrogen-bond donors (Lipinski definition) is 1. The number of carbonyl (C=O) groups excluding carboxylic acids is 1. The lowest BCUT2D eigenvalue weighted by molar-refractivity contribution is -0.114. The van der Waals surface area contributed by atoms with E-state index >= 15 is 0 Å². The van der Waals surface area contributed by atoms with Crippen LogP contribution in [0.5, 0.6) is 11.5 Å². The van der Waals surface area contributed by atoms with Crippen molar-refractivity contribution in [3.05, 3.63) is 64.7 Å². The Morgan fingerprint density at radius 2 is 1.86 bits per heavy atom. The number of rotatable bonds is 7. The summed E-state index contributed by atoms with van der Waals surface area (Å²) in [4.78, 5) is 17.8. The van der Waals surface area contributed by atoms with Gasteiger partial charge in [0.1, 0.15) is 12.4 Å². The maximum atomic E-state index is 12.8. The third-order valence-corrected chi connectivity index (χ3v) is 8.09. The number of fused-ring (bicyclic) bond motifs is 1. The number of amidine groups is 3. The SMILES string of the molecule is COc1cc(/C=C2/C(=N)N3C(=NC2=O)SN=C3S(=O)(=O)CC(C)C)ccc1OCc1ccc(C)cc1. The molecule has 2 aromatic carbocycles. The first-order valence-corrected chi connectivity index (χ1v) is 13.6. The molecule has 1 amide bonds. The van der Waals surface area contributed by atoms with E-state index in [1.54, 1.807) is 32.0 Å². The Balaban J connectivity index is 1.59. The largest absolute Gasteiger partial charge is 0.493 e. The van der Waals surface area contributed by atoms with Crippen LogP contribution in [-0.2, 0) is 21.2 Å². The Labute approximate surface area is 214 Å². The first-order valence-electron chi connectivity index (χ1n) is 11.2. The van der Waals surface area contributed by atoms with Crippen molar-refractivity contribution in [3.63, 3.8) is 0 Å². The number of hydrogen-bond acceptors (Lipinski definition) is 8. The third kappa shape index (κ3) is 5.36. The molecule has 0 atom stereocenters. The standard InChI is InChI=1S/C25H26N4O5S2/c1-15(2)14-36(31,32)25-28-35-24-27-23(30)19(22(26)29(24)25)11-18-9-10-20(21(12-18)33-4)34-13-17-7-5-16(3)6-8-17/h5-12,15,26H,13-14H2,1-4H3/b19-11-,26-22?. The highest BCUT2D eigenvalue weighted by molar-refractivity contribution is 8.16. The number of nitrogens with zero attached hydrogens (tertiary/aromatic N) is 3. The Kier molecular flexibility index (Phi) is 7.32. The first-order chi connectivity index (χ1) is 17.1. The molecular weight excluding hydrogens is 500 g/mol. The van der Waals surface area contributed by atoms with Crippen molar-refractivity contribution in [3.8, 4) is 11.5 Å². The lowest BCUT2D eigenvalue weighted by Gasteiger charge is -2.24. The summed E-state index contributed by atoms with van der Waals surface area (Å²) in [7, 11) is -2.25. The van der Waals surface area contributed by atoms with E-state index < -0.39 is 15.7 Å². The highest BCUT2D eigenvalue weighted by atomic mass is 32.2. The summed E-state index contributed by atoms with van der Waals surface area (Å²) >= 11 is 0.776. The molecule has 0 unspecified atom stereocenters. The van der Waals surface area contributed by atoms with Crippen LogP contribution in [0.4, 0.5) is 0 Å². The van der Waals surface area contributed by atoms with Crippen LogP contribution in [0.25, 0.3) is 6.08 Å². The average Bonchev–Trinajstić information content (AvgIpc) is 3.26. The Bertz CT molecular complexity index is 1410. The van der Waals surface area contributed by atoms with Crippen molar-refractivity contribution < 1.29 is 22.7 Å². The van der Waals surface area contributed by atoms with Crippen molar-refractivity contribution in [2.24, 2.45) is 15.3 Å². The molecule has 2 heterocycles. The van der Waals surface area contributed by atoms with Crippen molar-refractivity contribution in [1.82, 2.24) is 4.90 Å². The van der Waals surface area contributed by atoms with Gasteiger partial charge in [-0.05, 0) is 42.2 Å². The van der Waals surface area contributed by atoms with Crippen LogP contribution in [0.2, 0.25) is 0 Å². The van der Waals surface area contributed by atoms with Crippen LogP contribution in [0, 0.1) is 18.3 Å². The van der Waals surface area contributed by atoms with Gasteiger partial charge in [-0.15, -0.1) is 0 Å². The Morgan fingerprint density at radius 3 is 2.53 bits per heavy atom. The summed E-state index contributed by atoms with van der Waals surface area (Å²) in [6.45, 7) is 5.95. The second-order valence-corrected chi connectivity index (χ2v) is 11.4. The van der Waals surface area contributed by atoms with E-state index in [1.165, 1.54) is 13.2 Å². The smallest absolute Gasteiger partial charge is 0.283 e. The van der Waals surface area contributed by atoms with E-state index in [-0.39, 0.29) is 33.4 Å². The molecule has 0 fully saturated rings. The molecule has 36 heavy (non-hydrogen) atoms. The average molecular weight is 527 g/mol. The van der Waals surface area contributed by atoms with Crippen molar-refractivity contribution in [2.45, 2.75) is 27.4 Å². The van der Waals surface area contributed by atoms with E-state index in [9.17, 15) is 13.2 Å². The summed E-state index contributed by atoms with van der Waals surface area (Å²) in [5, 5.41) is 8.38. The number of aryl methyl sites for hydroxylation is 1. The molecule has 11 heteroatoms. The van der Waals surface area contributed by atoms with Gasteiger partial charge in [-0.1, -0.05) is 49.7 Å². The summed E-state index contributed by atoms with van der Waals surface area (Å²) in [6.07, 6.45) is 1.48. The summed E-state index contributed by atoms with van der Waals surface area (Å²) in [5.41, 5.74) is 2.69. The fourth-order valence-electron chi connectivity index (χ4n) is 3.62. The topological polar surface area (TPSA) is 121 Å². The summed E-state index contributed by atoms with van der Waals surface area (Å²) in [5.74, 6) is -0.212. The molecule has 0 aliphatic carbocycles. The van der Waals surface area contributed by atoms with Gasteiger partial charge in [0.15, 0.2) is 11.5 Å². The molecule has 188 valence electrons. The van der Waals surface area contributed by atoms with Gasteiger partial charge in [0.05, 0.1) is 30.4 Å². The highest BCUT2D eigenvalue weighted by Gasteiger charge is 2.42. The summed E-state index contributed by atoms with van der Waals surface area (Å²) < 4.78 is 41.0. The van der Waals surface area contributed by atoms with Crippen molar-refractivity contribution in [2.75, 3.05) is 12.9 Å². The quantitative estimate of drug-likeness (QED) is 0.423. The lowest BCUT2D eigenvalue weighted by atomic mass is 10.1. The first kappa shape index (κ1) is 25.6. The van der Waals surface area contributed by atoms with Crippen molar-refractivity contribution >= 4 is 49.9 Å². The Morgan fingerprint density at radius 1 is 1.14 bits per heavy atom. The van der Waals surface area contributed by atoms with Gasteiger partial charge in [0.25, 0.3) is 5.91 Å². The number of benzene rings is 2. The van der Waals surface area contributed by atoms with Gasteiger partial charge < -0.3 is 9.47 Å². The zero-order valence-electron chi connectivity index (χ0n) is 20.3. The van der Waals surface area contributed by atoms with Gasteiger partial charge in [0, 0.05) is 0 Å². The van der Waals surface area contributed by atoms with E-state index in [1.807, 2.05) is 31.2 Å². The van der Waals surface area contributed by atoms with Crippen LogP contribution in [-0.4, -0.2) is 48.3 Å². The van der Waals surface area contributed by atoms with Crippen LogP contribution in [0.1, 0.15) is 30.5 Å². The molecular formula is C25H26N4O5S2. The van der Waals surface area contributed by atoms with E-state index in [4.69, 9.17) is 14.9 Å². The maximum absolute atomic E-state index is 12.8. The number of carbonyl (C=O) groups is 1. The molecule has 2 aromatic rings.